The highest BCUT2D eigenvalue weighted by Gasteiger charge is 2.25. The summed E-state index contributed by atoms with van der Waals surface area (Å²) in [6, 6.07) is 4.34. The summed E-state index contributed by atoms with van der Waals surface area (Å²) in [5.74, 6) is 1.06. The summed E-state index contributed by atoms with van der Waals surface area (Å²) in [6.07, 6.45) is 5.11. The van der Waals surface area contributed by atoms with E-state index in [1.807, 2.05) is 12.1 Å². The number of piperidine rings is 1. The molecule has 0 radical (unpaired) electrons. The first-order valence-corrected chi connectivity index (χ1v) is 11.4. The Morgan fingerprint density at radius 2 is 1.91 bits per heavy atom. The number of anilines is 4. The van der Waals surface area contributed by atoms with Crippen LogP contribution in [0.4, 0.5) is 23.1 Å². The molecule has 32 heavy (non-hydrogen) atoms. The predicted molar refractivity (Wildman–Crippen MR) is 125 cm³/mol. The Hall–Kier alpha value is -2.66. The first-order valence-electron chi connectivity index (χ1n) is 11.0. The van der Waals surface area contributed by atoms with Crippen LogP contribution in [0.2, 0.25) is 5.02 Å². The van der Waals surface area contributed by atoms with Crippen molar-refractivity contribution in [2.24, 2.45) is 11.5 Å². The SMILES string of the molecule is NCc1cc(Nc2nc(NC3CC3)c3ncc(CN)n3n2)c(Cl)c(N2CCC(O)CC2)c1. The molecule has 0 bridgehead atoms. The van der Waals surface area contributed by atoms with Crippen LogP contribution in [0.25, 0.3) is 5.65 Å². The molecule has 0 spiro atoms. The van der Waals surface area contributed by atoms with E-state index < -0.39 is 0 Å². The van der Waals surface area contributed by atoms with E-state index >= 15 is 0 Å². The number of aliphatic hydroxyl groups is 1. The molecule has 2 aromatic heterocycles. The van der Waals surface area contributed by atoms with Gasteiger partial charge in [0.25, 0.3) is 0 Å². The molecule has 5 rings (SSSR count). The first-order chi connectivity index (χ1) is 15.6. The van der Waals surface area contributed by atoms with Crippen LogP contribution in [0.5, 0.6) is 0 Å². The minimum absolute atomic E-state index is 0.259. The standard InChI is InChI=1S/C21H28ClN9O/c22-18-16(7-12(9-23)8-17(18)30-5-3-15(32)4-6-30)27-21-28-19(26-13-1-2-13)20-25-11-14(10-24)31(20)29-21/h7-8,11,13,15,32H,1-6,9-10,23-24H2,(H2,26,27,28,29). The Bertz CT molecular complexity index is 1120. The van der Waals surface area contributed by atoms with E-state index in [0.29, 0.717) is 60.1 Å². The number of hydrogen-bond donors (Lipinski definition) is 5. The van der Waals surface area contributed by atoms with E-state index in [1.54, 1.807) is 10.7 Å². The van der Waals surface area contributed by atoms with E-state index in [4.69, 9.17) is 23.1 Å². The number of aromatic nitrogens is 4. The van der Waals surface area contributed by atoms with Crippen molar-refractivity contribution in [3.63, 3.8) is 0 Å². The zero-order chi connectivity index (χ0) is 22.2. The summed E-state index contributed by atoms with van der Waals surface area (Å²) in [5.41, 5.74) is 15.8. The summed E-state index contributed by atoms with van der Waals surface area (Å²) in [6.45, 7) is 2.17. The average Bonchev–Trinajstić information content (AvgIpc) is 3.52. The van der Waals surface area contributed by atoms with Gasteiger partial charge in [0.1, 0.15) is 0 Å². The third kappa shape index (κ3) is 4.18. The number of fused-ring (bicyclic) bond motifs is 1. The molecule has 7 N–H and O–H groups in total. The minimum atomic E-state index is -0.259. The monoisotopic (exact) mass is 457 g/mol. The van der Waals surface area contributed by atoms with Crippen LogP contribution in [0.1, 0.15) is 36.9 Å². The highest BCUT2D eigenvalue weighted by molar-refractivity contribution is 6.36. The molecule has 11 heteroatoms. The fourth-order valence-electron chi connectivity index (χ4n) is 3.97. The lowest BCUT2D eigenvalue weighted by Gasteiger charge is -2.33. The van der Waals surface area contributed by atoms with Gasteiger partial charge in [0, 0.05) is 32.2 Å². The third-order valence-electron chi connectivity index (χ3n) is 5.96. The van der Waals surface area contributed by atoms with Crippen molar-refractivity contribution in [3.8, 4) is 0 Å². The molecular weight excluding hydrogens is 430 g/mol. The van der Waals surface area contributed by atoms with Gasteiger partial charge < -0.3 is 32.1 Å². The van der Waals surface area contributed by atoms with Crippen LogP contribution in [0.3, 0.4) is 0 Å². The van der Waals surface area contributed by atoms with E-state index in [2.05, 4.69) is 30.6 Å². The second kappa shape index (κ2) is 8.70. The lowest BCUT2D eigenvalue weighted by Crippen LogP contribution is -2.36. The fraction of sp³-hybridized carbons (Fsp3) is 0.476. The van der Waals surface area contributed by atoms with Crippen LogP contribution in [-0.4, -0.2) is 49.9 Å². The Kier molecular flexibility index (Phi) is 5.76. The van der Waals surface area contributed by atoms with Gasteiger partial charge in [0.05, 0.1) is 34.4 Å². The average molecular weight is 458 g/mol. The van der Waals surface area contributed by atoms with Crippen LogP contribution < -0.4 is 27.0 Å². The summed E-state index contributed by atoms with van der Waals surface area (Å²) in [4.78, 5) is 11.3. The molecule has 3 aromatic rings. The van der Waals surface area contributed by atoms with Crippen molar-refractivity contribution in [1.82, 2.24) is 19.6 Å². The zero-order valence-electron chi connectivity index (χ0n) is 17.8. The Balaban J connectivity index is 1.52. The van der Waals surface area contributed by atoms with E-state index in [-0.39, 0.29) is 6.10 Å². The second-order valence-corrected chi connectivity index (χ2v) is 8.79. The van der Waals surface area contributed by atoms with Crippen LogP contribution in [0.15, 0.2) is 18.3 Å². The molecular formula is C21H28ClN9O. The Labute approximate surface area is 191 Å². The molecule has 1 saturated heterocycles. The van der Waals surface area contributed by atoms with Gasteiger partial charge in [-0.2, -0.15) is 4.98 Å². The zero-order valence-corrected chi connectivity index (χ0v) is 18.5. The molecule has 3 heterocycles. The highest BCUT2D eigenvalue weighted by Crippen LogP contribution is 2.37. The van der Waals surface area contributed by atoms with Crippen LogP contribution >= 0.6 is 11.6 Å². The molecule has 1 saturated carbocycles. The van der Waals surface area contributed by atoms with Gasteiger partial charge in [-0.15, -0.1) is 5.10 Å². The van der Waals surface area contributed by atoms with Crippen LogP contribution in [-0.2, 0) is 13.1 Å². The molecule has 10 nitrogen and oxygen atoms in total. The van der Waals surface area contributed by atoms with E-state index in [0.717, 1.165) is 42.9 Å². The first kappa shape index (κ1) is 21.2. The van der Waals surface area contributed by atoms with E-state index in [9.17, 15) is 5.11 Å². The molecule has 0 atom stereocenters. The second-order valence-electron chi connectivity index (χ2n) is 8.42. The van der Waals surface area contributed by atoms with Crippen LogP contribution in [0, 0.1) is 0 Å². The summed E-state index contributed by atoms with van der Waals surface area (Å²) < 4.78 is 1.72. The van der Waals surface area contributed by atoms with E-state index in [1.165, 1.54) is 0 Å². The van der Waals surface area contributed by atoms with Gasteiger partial charge in [-0.05, 0) is 43.4 Å². The molecule has 2 fully saturated rings. The maximum absolute atomic E-state index is 9.87. The number of rotatable bonds is 7. The number of nitrogens with two attached hydrogens (primary N) is 2. The number of hydrogen-bond acceptors (Lipinski definition) is 9. The number of aliphatic hydroxyl groups excluding tert-OH is 1. The van der Waals surface area contributed by atoms with Gasteiger partial charge in [-0.3, -0.25) is 0 Å². The topological polar surface area (TPSA) is 143 Å². The van der Waals surface area contributed by atoms with Gasteiger partial charge in [-0.1, -0.05) is 11.6 Å². The molecule has 0 unspecified atom stereocenters. The lowest BCUT2D eigenvalue weighted by atomic mass is 10.1. The summed E-state index contributed by atoms with van der Waals surface area (Å²) >= 11 is 6.83. The molecule has 2 aliphatic rings. The smallest absolute Gasteiger partial charge is 0.247 e. The number of nitrogens with one attached hydrogen (secondary N) is 2. The van der Waals surface area contributed by atoms with Crippen molar-refractivity contribution < 1.29 is 5.11 Å². The fourth-order valence-corrected chi connectivity index (χ4v) is 4.25. The number of benzene rings is 1. The number of imidazole rings is 1. The summed E-state index contributed by atoms with van der Waals surface area (Å²) in [5, 5.41) is 21.8. The molecule has 1 aromatic carbocycles. The molecule has 170 valence electrons. The van der Waals surface area contributed by atoms with Gasteiger partial charge in [-0.25, -0.2) is 9.50 Å². The highest BCUT2D eigenvalue weighted by atomic mass is 35.5. The molecule has 1 aliphatic heterocycles. The largest absolute Gasteiger partial charge is 0.393 e. The van der Waals surface area contributed by atoms with Crippen molar-refractivity contribution >= 4 is 40.4 Å². The third-order valence-corrected chi connectivity index (χ3v) is 6.36. The normalized spacial score (nSPS) is 17.2. The summed E-state index contributed by atoms with van der Waals surface area (Å²) in [7, 11) is 0. The van der Waals surface area contributed by atoms with Crippen molar-refractivity contribution in [2.45, 2.75) is 50.9 Å². The maximum Gasteiger partial charge on any atom is 0.247 e. The van der Waals surface area contributed by atoms with Gasteiger partial charge >= 0.3 is 0 Å². The maximum atomic E-state index is 9.87. The minimum Gasteiger partial charge on any atom is -0.393 e. The van der Waals surface area contributed by atoms with Gasteiger partial charge in [0.2, 0.25) is 5.95 Å². The van der Waals surface area contributed by atoms with Crippen molar-refractivity contribution in [1.29, 1.82) is 0 Å². The lowest BCUT2D eigenvalue weighted by molar-refractivity contribution is 0.145. The Morgan fingerprint density at radius 3 is 2.59 bits per heavy atom. The number of nitrogens with zero attached hydrogens (tertiary/aromatic N) is 5. The van der Waals surface area contributed by atoms with Crippen molar-refractivity contribution in [3.05, 3.63) is 34.6 Å². The predicted octanol–water partition coefficient (Wildman–Crippen LogP) is 1.97. The van der Waals surface area contributed by atoms with Gasteiger partial charge in [0.15, 0.2) is 11.5 Å². The Morgan fingerprint density at radius 1 is 1.12 bits per heavy atom. The molecule has 0 amide bonds. The number of halogens is 1. The van der Waals surface area contributed by atoms with Crippen molar-refractivity contribution in [2.75, 3.05) is 28.6 Å². The molecule has 1 aliphatic carbocycles. The quantitative estimate of drug-likeness (QED) is 0.359.